The molecule has 2 aliphatic rings. The first-order valence-electron chi connectivity index (χ1n) is 12.8. The van der Waals surface area contributed by atoms with Gasteiger partial charge in [0.25, 0.3) is 0 Å². The van der Waals surface area contributed by atoms with Crippen LogP contribution in [0, 0.1) is 0 Å². The highest BCUT2D eigenvalue weighted by Gasteiger charge is 2.20. The Morgan fingerprint density at radius 3 is 2.68 bits per heavy atom. The van der Waals surface area contributed by atoms with Crippen LogP contribution in [0.2, 0.25) is 0 Å². The van der Waals surface area contributed by atoms with E-state index in [1.54, 1.807) is 23.7 Å². The van der Waals surface area contributed by atoms with E-state index in [0.29, 0.717) is 11.8 Å². The number of thiazole rings is 1. The summed E-state index contributed by atoms with van der Waals surface area (Å²) >= 11 is 1.58. The summed E-state index contributed by atoms with van der Waals surface area (Å²) in [5, 5.41) is 17.2. The summed E-state index contributed by atoms with van der Waals surface area (Å²) < 4.78 is 12.6. The zero-order valence-electron chi connectivity index (χ0n) is 20.5. The SMILES string of the molecule is OC1CCC(Nc2nccc(Nc3nc4ccc(-c5cncc(OC6CCOCC6)c5)cc4s3)n2)CC1. The second-order valence-corrected chi connectivity index (χ2v) is 10.6. The molecule has 0 spiro atoms. The van der Waals surface area contributed by atoms with Crippen molar-refractivity contribution in [3.05, 3.63) is 48.9 Å². The van der Waals surface area contributed by atoms with Crippen LogP contribution < -0.4 is 15.4 Å². The van der Waals surface area contributed by atoms with E-state index in [9.17, 15) is 5.11 Å². The van der Waals surface area contributed by atoms with Gasteiger partial charge in [0.2, 0.25) is 5.95 Å². The fraction of sp³-hybridized carbons (Fsp3) is 0.407. The molecule has 6 rings (SSSR count). The van der Waals surface area contributed by atoms with Gasteiger partial charge in [0, 0.05) is 36.8 Å². The van der Waals surface area contributed by atoms with E-state index >= 15 is 0 Å². The maximum absolute atomic E-state index is 9.73. The molecule has 10 heteroatoms. The van der Waals surface area contributed by atoms with Gasteiger partial charge in [-0.05, 0) is 55.5 Å². The monoisotopic (exact) mass is 518 g/mol. The van der Waals surface area contributed by atoms with E-state index in [0.717, 1.165) is 84.0 Å². The first-order valence-corrected chi connectivity index (χ1v) is 13.6. The van der Waals surface area contributed by atoms with Crippen LogP contribution in [0.3, 0.4) is 0 Å². The molecule has 9 nitrogen and oxygen atoms in total. The number of nitrogens with zero attached hydrogens (tertiary/aromatic N) is 4. The molecule has 0 radical (unpaired) electrons. The first-order chi connectivity index (χ1) is 18.2. The fourth-order valence-electron chi connectivity index (χ4n) is 4.80. The average Bonchev–Trinajstić information content (AvgIpc) is 3.32. The number of nitrogens with one attached hydrogen (secondary N) is 2. The summed E-state index contributed by atoms with van der Waals surface area (Å²) in [4.78, 5) is 18.1. The maximum atomic E-state index is 9.73. The van der Waals surface area contributed by atoms with E-state index < -0.39 is 0 Å². The minimum atomic E-state index is -0.183. The lowest BCUT2D eigenvalue weighted by Gasteiger charge is -2.26. The molecule has 4 heterocycles. The molecular weight excluding hydrogens is 488 g/mol. The summed E-state index contributed by atoms with van der Waals surface area (Å²) in [6.45, 7) is 1.49. The molecule has 1 saturated heterocycles. The molecule has 37 heavy (non-hydrogen) atoms. The molecule has 1 aliphatic carbocycles. The third-order valence-electron chi connectivity index (χ3n) is 6.83. The third-order valence-corrected chi connectivity index (χ3v) is 7.76. The average molecular weight is 519 g/mol. The minimum Gasteiger partial charge on any atom is -0.489 e. The lowest BCUT2D eigenvalue weighted by Crippen LogP contribution is -2.28. The molecule has 0 bridgehead atoms. The number of ether oxygens (including phenoxy) is 2. The van der Waals surface area contributed by atoms with Gasteiger partial charge in [-0.1, -0.05) is 17.4 Å². The first kappa shape index (κ1) is 24.0. The molecule has 1 saturated carbocycles. The van der Waals surface area contributed by atoms with Crippen LogP contribution >= 0.6 is 11.3 Å². The van der Waals surface area contributed by atoms with Crippen molar-refractivity contribution in [2.24, 2.45) is 0 Å². The Morgan fingerprint density at radius 1 is 0.946 bits per heavy atom. The highest BCUT2D eigenvalue weighted by Crippen LogP contribution is 2.33. The van der Waals surface area contributed by atoms with Crippen LogP contribution in [-0.2, 0) is 4.74 Å². The van der Waals surface area contributed by atoms with Crippen molar-refractivity contribution in [1.82, 2.24) is 19.9 Å². The number of benzene rings is 1. The molecule has 3 aromatic heterocycles. The lowest BCUT2D eigenvalue weighted by molar-refractivity contribution is 0.0254. The summed E-state index contributed by atoms with van der Waals surface area (Å²) in [7, 11) is 0. The van der Waals surface area contributed by atoms with Crippen LogP contribution in [0.25, 0.3) is 21.3 Å². The predicted octanol–water partition coefficient (Wildman–Crippen LogP) is 5.17. The summed E-state index contributed by atoms with van der Waals surface area (Å²) in [6, 6.07) is 10.4. The molecule has 3 N–H and O–H groups in total. The number of aliphatic hydroxyl groups is 1. The highest BCUT2D eigenvalue weighted by molar-refractivity contribution is 7.22. The zero-order chi connectivity index (χ0) is 25.0. The second-order valence-electron chi connectivity index (χ2n) is 9.58. The van der Waals surface area contributed by atoms with Crippen molar-refractivity contribution in [2.45, 2.75) is 56.8 Å². The van der Waals surface area contributed by atoms with Crippen molar-refractivity contribution < 1.29 is 14.6 Å². The van der Waals surface area contributed by atoms with Gasteiger partial charge < -0.3 is 25.2 Å². The Morgan fingerprint density at radius 2 is 1.81 bits per heavy atom. The van der Waals surface area contributed by atoms with Crippen molar-refractivity contribution in [1.29, 1.82) is 0 Å². The highest BCUT2D eigenvalue weighted by atomic mass is 32.1. The van der Waals surface area contributed by atoms with Gasteiger partial charge in [-0.15, -0.1) is 0 Å². The van der Waals surface area contributed by atoms with Crippen LogP contribution in [-0.4, -0.2) is 56.5 Å². The minimum absolute atomic E-state index is 0.177. The van der Waals surface area contributed by atoms with Crippen LogP contribution in [0.1, 0.15) is 38.5 Å². The van der Waals surface area contributed by atoms with Crippen LogP contribution in [0.15, 0.2) is 48.9 Å². The van der Waals surface area contributed by atoms with E-state index in [2.05, 4.69) is 37.7 Å². The molecule has 192 valence electrons. The number of rotatable bonds is 7. The molecule has 0 amide bonds. The Hall–Kier alpha value is -3.34. The zero-order valence-corrected chi connectivity index (χ0v) is 21.3. The van der Waals surface area contributed by atoms with Crippen LogP contribution in [0.5, 0.6) is 5.75 Å². The molecule has 1 aromatic carbocycles. The van der Waals surface area contributed by atoms with Crippen molar-refractivity contribution >= 4 is 38.5 Å². The van der Waals surface area contributed by atoms with Crippen molar-refractivity contribution in [3.8, 4) is 16.9 Å². The van der Waals surface area contributed by atoms with Gasteiger partial charge >= 0.3 is 0 Å². The Balaban J connectivity index is 1.15. The fourth-order valence-corrected chi connectivity index (χ4v) is 5.71. The standard InChI is InChI=1S/C27H30N6O3S/c34-20-4-2-19(3-5-20)30-26-29-10-7-25(32-26)33-27-31-23-6-1-17(14-24(23)37-27)18-13-22(16-28-15-18)36-21-8-11-35-12-9-21/h1,6-7,10,13-16,19-21,34H,2-5,8-9,11-12H2,(H2,29,30,31,32,33). The Labute approximate surface area is 219 Å². The van der Waals surface area contributed by atoms with Gasteiger partial charge in [-0.3, -0.25) is 4.98 Å². The van der Waals surface area contributed by atoms with Gasteiger partial charge in [-0.25, -0.2) is 9.97 Å². The topological polar surface area (TPSA) is 114 Å². The molecule has 2 fully saturated rings. The summed E-state index contributed by atoms with van der Waals surface area (Å²) in [5.74, 6) is 2.06. The second kappa shape index (κ2) is 11.0. The van der Waals surface area contributed by atoms with E-state index in [-0.39, 0.29) is 18.2 Å². The van der Waals surface area contributed by atoms with Gasteiger partial charge in [0.05, 0.1) is 35.7 Å². The van der Waals surface area contributed by atoms with Crippen molar-refractivity contribution in [3.63, 3.8) is 0 Å². The van der Waals surface area contributed by atoms with Crippen molar-refractivity contribution in [2.75, 3.05) is 23.8 Å². The smallest absolute Gasteiger partial charge is 0.224 e. The number of aliphatic hydroxyl groups excluding tert-OH is 1. The number of anilines is 3. The molecule has 4 aromatic rings. The maximum Gasteiger partial charge on any atom is 0.224 e. The van der Waals surface area contributed by atoms with Gasteiger partial charge in [-0.2, -0.15) is 4.98 Å². The third kappa shape index (κ3) is 5.98. The predicted molar refractivity (Wildman–Crippen MR) is 145 cm³/mol. The lowest BCUT2D eigenvalue weighted by atomic mass is 9.93. The van der Waals surface area contributed by atoms with E-state index in [1.165, 1.54) is 0 Å². The quantitative estimate of drug-likeness (QED) is 0.305. The number of fused-ring (bicyclic) bond motifs is 1. The Bertz CT molecular complexity index is 1350. The summed E-state index contributed by atoms with van der Waals surface area (Å²) in [6.07, 6.45) is 10.6. The van der Waals surface area contributed by atoms with Gasteiger partial charge in [0.1, 0.15) is 17.7 Å². The molecular formula is C27H30N6O3S. The molecule has 0 unspecified atom stereocenters. The normalized spacial score (nSPS) is 20.6. The number of hydrogen-bond acceptors (Lipinski definition) is 10. The van der Waals surface area contributed by atoms with E-state index in [1.807, 2.05) is 24.4 Å². The molecule has 1 aliphatic heterocycles. The van der Waals surface area contributed by atoms with Crippen LogP contribution in [0.4, 0.5) is 16.9 Å². The van der Waals surface area contributed by atoms with Gasteiger partial charge in [0.15, 0.2) is 5.13 Å². The number of hydrogen-bond donors (Lipinski definition) is 3. The largest absolute Gasteiger partial charge is 0.489 e. The molecule has 0 atom stereocenters. The number of aromatic nitrogens is 4. The number of pyridine rings is 1. The Kier molecular flexibility index (Phi) is 7.11. The summed E-state index contributed by atoms with van der Waals surface area (Å²) in [5.41, 5.74) is 3.00. The van der Waals surface area contributed by atoms with E-state index in [4.69, 9.17) is 14.5 Å².